The number of rotatable bonds is 4. The number of fused-ring (bicyclic) bond motifs is 1. The van der Waals surface area contributed by atoms with Gasteiger partial charge in [0.05, 0.1) is 18.0 Å². The Balaban J connectivity index is 1.61. The van der Waals surface area contributed by atoms with Crippen molar-refractivity contribution in [3.8, 4) is 11.3 Å². The van der Waals surface area contributed by atoms with Crippen molar-refractivity contribution in [2.75, 3.05) is 18.5 Å². The number of pyridine rings is 1. The van der Waals surface area contributed by atoms with Gasteiger partial charge in [0.2, 0.25) is 0 Å². The van der Waals surface area contributed by atoms with Crippen molar-refractivity contribution >= 4 is 11.5 Å². The van der Waals surface area contributed by atoms with E-state index in [1.54, 1.807) is 12.4 Å². The van der Waals surface area contributed by atoms with Crippen LogP contribution in [0.5, 0.6) is 0 Å². The Morgan fingerprint density at radius 3 is 2.95 bits per heavy atom. The predicted molar refractivity (Wildman–Crippen MR) is 83.7 cm³/mol. The van der Waals surface area contributed by atoms with Gasteiger partial charge in [-0.3, -0.25) is 4.98 Å². The van der Waals surface area contributed by atoms with Gasteiger partial charge in [-0.15, -0.1) is 5.10 Å². The lowest BCUT2D eigenvalue weighted by molar-refractivity contribution is 0.120. The minimum atomic E-state index is 0.292. The van der Waals surface area contributed by atoms with Gasteiger partial charge in [0.15, 0.2) is 5.65 Å². The molecule has 0 amide bonds. The number of hydrogen-bond acceptors (Lipinski definition) is 5. The van der Waals surface area contributed by atoms with Crippen LogP contribution < -0.4 is 5.32 Å². The first kappa shape index (κ1) is 13.2. The van der Waals surface area contributed by atoms with Gasteiger partial charge in [0.1, 0.15) is 5.82 Å². The lowest BCUT2D eigenvalue weighted by atomic mass is 10.2. The third-order valence-electron chi connectivity index (χ3n) is 3.87. The summed E-state index contributed by atoms with van der Waals surface area (Å²) in [5, 5.41) is 7.99. The Morgan fingerprint density at radius 2 is 2.14 bits per heavy atom. The van der Waals surface area contributed by atoms with Crippen molar-refractivity contribution in [1.82, 2.24) is 19.6 Å². The van der Waals surface area contributed by atoms with Gasteiger partial charge in [0, 0.05) is 31.1 Å². The summed E-state index contributed by atoms with van der Waals surface area (Å²) < 4.78 is 7.48. The summed E-state index contributed by atoms with van der Waals surface area (Å²) in [5.41, 5.74) is 2.83. The molecule has 0 bridgehead atoms. The number of aromatic nitrogens is 4. The second-order valence-electron chi connectivity index (χ2n) is 5.38. The van der Waals surface area contributed by atoms with E-state index in [1.165, 1.54) is 0 Å². The molecule has 1 aliphatic heterocycles. The number of nitrogens with one attached hydrogen (secondary N) is 1. The SMILES string of the molecule is c1cc(-c2cnc3ccc(NCC4CCCO4)nn23)ccn1. The number of hydrogen-bond donors (Lipinski definition) is 1. The summed E-state index contributed by atoms with van der Waals surface area (Å²) in [6, 6.07) is 7.83. The van der Waals surface area contributed by atoms with Crippen LogP contribution in [0.4, 0.5) is 5.82 Å². The standard InChI is InChI=1S/C16H17N5O/c1-2-13(22-9-1)10-18-15-3-4-16-19-11-14(21(16)20-15)12-5-7-17-8-6-12/h3-8,11,13H,1-2,9-10H2,(H,18,20). The van der Waals surface area contributed by atoms with Crippen molar-refractivity contribution in [2.45, 2.75) is 18.9 Å². The Hall–Kier alpha value is -2.47. The summed E-state index contributed by atoms with van der Waals surface area (Å²) in [6.07, 6.45) is 7.93. The average molecular weight is 295 g/mol. The smallest absolute Gasteiger partial charge is 0.154 e. The second kappa shape index (κ2) is 5.73. The van der Waals surface area contributed by atoms with E-state index in [0.29, 0.717) is 6.10 Å². The molecule has 1 atom stereocenters. The summed E-state index contributed by atoms with van der Waals surface area (Å²) in [4.78, 5) is 8.45. The van der Waals surface area contributed by atoms with Crippen LogP contribution >= 0.6 is 0 Å². The molecular weight excluding hydrogens is 278 g/mol. The zero-order chi connectivity index (χ0) is 14.8. The van der Waals surface area contributed by atoms with E-state index < -0.39 is 0 Å². The first-order valence-electron chi connectivity index (χ1n) is 7.51. The van der Waals surface area contributed by atoms with Gasteiger partial charge in [-0.2, -0.15) is 0 Å². The highest BCUT2D eigenvalue weighted by atomic mass is 16.5. The van der Waals surface area contributed by atoms with Crippen LogP contribution in [0.3, 0.4) is 0 Å². The Morgan fingerprint density at radius 1 is 1.23 bits per heavy atom. The van der Waals surface area contributed by atoms with E-state index >= 15 is 0 Å². The van der Waals surface area contributed by atoms with Gasteiger partial charge in [-0.1, -0.05) is 0 Å². The lowest BCUT2D eigenvalue weighted by Crippen LogP contribution is -2.19. The van der Waals surface area contributed by atoms with Crippen LogP contribution in [0.15, 0.2) is 42.9 Å². The van der Waals surface area contributed by atoms with E-state index in [2.05, 4.69) is 20.4 Å². The van der Waals surface area contributed by atoms with Gasteiger partial charge in [0.25, 0.3) is 0 Å². The van der Waals surface area contributed by atoms with E-state index in [1.807, 2.05) is 35.0 Å². The van der Waals surface area contributed by atoms with Gasteiger partial charge < -0.3 is 10.1 Å². The van der Waals surface area contributed by atoms with E-state index in [4.69, 9.17) is 4.74 Å². The number of imidazole rings is 1. The van der Waals surface area contributed by atoms with E-state index in [0.717, 1.165) is 48.7 Å². The molecule has 0 aromatic carbocycles. The molecule has 0 radical (unpaired) electrons. The minimum Gasteiger partial charge on any atom is -0.376 e. The van der Waals surface area contributed by atoms with Crippen molar-refractivity contribution in [2.24, 2.45) is 0 Å². The number of ether oxygens (including phenoxy) is 1. The van der Waals surface area contributed by atoms with Crippen molar-refractivity contribution in [3.05, 3.63) is 42.9 Å². The first-order chi connectivity index (χ1) is 10.9. The molecular formula is C16H17N5O. The molecule has 3 aromatic rings. The molecule has 4 rings (SSSR count). The molecule has 1 aliphatic rings. The molecule has 6 nitrogen and oxygen atoms in total. The molecule has 4 heterocycles. The third-order valence-corrected chi connectivity index (χ3v) is 3.87. The first-order valence-corrected chi connectivity index (χ1v) is 7.51. The maximum Gasteiger partial charge on any atom is 0.154 e. The van der Waals surface area contributed by atoms with E-state index in [9.17, 15) is 0 Å². The molecule has 112 valence electrons. The fourth-order valence-corrected chi connectivity index (χ4v) is 2.71. The highest BCUT2D eigenvalue weighted by Gasteiger charge is 2.15. The zero-order valence-electron chi connectivity index (χ0n) is 12.1. The monoisotopic (exact) mass is 295 g/mol. The lowest BCUT2D eigenvalue weighted by Gasteiger charge is -2.11. The fraction of sp³-hybridized carbons (Fsp3) is 0.312. The average Bonchev–Trinajstić information content (AvgIpc) is 3.23. The van der Waals surface area contributed by atoms with Crippen molar-refractivity contribution < 1.29 is 4.74 Å². The molecule has 6 heteroatoms. The highest BCUT2D eigenvalue weighted by Crippen LogP contribution is 2.20. The number of nitrogens with zero attached hydrogens (tertiary/aromatic N) is 4. The van der Waals surface area contributed by atoms with E-state index in [-0.39, 0.29) is 0 Å². The van der Waals surface area contributed by atoms with Crippen molar-refractivity contribution in [3.63, 3.8) is 0 Å². The quantitative estimate of drug-likeness (QED) is 0.800. The topological polar surface area (TPSA) is 64.3 Å². The summed E-state index contributed by atoms with van der Waals surface area (Å²) >= 11 is 0. The molecule has 0 aliphatic carbocycles. The molecule has 1 saturated heterocycles. The Labute approximate surface area is 128 Å². The summed E-state index contributed by atoms with van der Waals surface area (Å²) in [5.74, 6) is 0.830. The number of anilines is 1. The fourth-order valence-electron chi connectivity index (χ4n) is 2.71. The molecule has 3 aromatic heterocycles. The van der Waals surface area contributed by atoms with Gasteiger partial charge >= 0.3 is 0 Å². The van der Waals surface area contributed by atoms with Gasteiger partial charge in [-0.05, 0) is 37.1 Å². The minimum absolute atomic E-state index is 0.292. The van der Waals surface area contributed by atoms with Crippen LogP contribution in [-0.4, -0.2) is 38.8 Å². The third kappa shape index (κ3) is 2.53. The molecule has 0 saturated carbocycles. The molecule has 22 heavy (non-hydrogen) atoms. The second-order valence-corrected chi connectivity index (χ2v) is 5.38. The zero-order valence-corrected chi connectivity index (χ0v) is 12.1. The summed E-state index contributed by atoms with van der Waals surface area (Å²) in [7, 11) is 0. The van der Waals surface area contributed by atoms with Crippen LogP contribution in [0.2, 0.25) is 0 Å². The maximum atomic E-state index is 5.62. The largest absolute Gasteiger partial charge is 0.376 e. The van der Waals surface area contributed by atoms with Crippen molar-refractivity contribution in [1.29, 1.82) is 0 Å². The molecule has 1 unspecified atom stereocenters. The van der Waals surface area contributed by atoms with Gasteiger partial charge in [-0.25, -0.2) is 9.50 Å². The maximum absolute atomic E-state index is 5.62. The van der Waals surface area contributed by atoms with Crippen LogP contribution in [-0.2, 0) is 4.74 Å². The Kier molecular flexibility index (Phi) is 3.44. The molecule has 1 N–H and O–H groups in total. The predicted octanol–water partition coefficient (Wildman–Crippen LogP) is 2.38. The molecule has 0 spiro atoms. The van der Waals surface area contributed by atoms with Crippen LogP contribution in [0, 0.1) is 0 Å². The Bertz CT molecular complexity index is 765. The van der Waals surface area contributed by atoms with Crippen LogP contribution in [0.1, 0.15) is 12.8 Å². The molecule has 1 fully saturated rings. The normalized spacial score (nSPS) is 17.9. The highest BCUT2D eigenvalue weighted by molar-refractivity contribution is 5.63. The van der Waals surface area contributed by atoms with Crippen LogP contribution in [0.25, 0.3) is 16.9 Å². The summed E-state index contributed by atoms with van der Waals surface area (Å²) in [6.45, 7) is 1.66.